The van der Waals surface area contributed by atoms with Crippen LogP contribution in [0.25, 0.3) is 0 Å². The van der Waals surface area contributed by atoms with Gasteiger partial charge < -0.3 is 24.3 Å². The van der Waals surface area contributed by atoms with Gasteiger partial charge in [0.25, 0.3) is 5.91 Å². The van der Waals surface area contributed by atoms with Crippen molar-refractivity contribution in [1.82, 2.24) is 5.32 Å². The highest BCUT2D eigenvalue weighted by Crippen LogP contribution is 2.38. The van der Waals surface area contributed by atoms with Gasteiger partial charge in [0.2, 0.25) is 5.75 Å². The minimum Gasteiger partial charge on any atom is -0.493 e. The summed E-state index contributed by atoms with van der Waals surface area (Å²) >= 11 is 1.89. The smallest absolute Gasteiger partial charge is 0.251 e. The van der Waals surface area contributed by atoms with Gasteiger partial charge in [-0.05, 0) is 25.0 Å². The summed E-state index contributed by atoms with van der Waals surface area (Å²) in [6, 6.07) is 3.31. The van der Waals surface area contributed by atoms with Crippen LogP contribution in [-0.2, 0) is 4.74 Å². The molecule has 1 heterocycles. The summed E-state index contributed by atoms with van der Waals surface area (Å²) in [6.07, 6.45) is 2.18. The lowest BCUT2D eigenvalue weighted by Gasteiger charge is -2.21. The molecule has 1 saturated heterocycles. The molecule has 1 fully saturated rings. The average Bonchev–Trinajstić information content (AvgIpc) is 2.64. The Bertz CT molecular complexity index is 521. The maximum Gasteiger partial charge on any atom is 0.251 e. The molecule has 2 rings (SSSR count). The molecular weight excluding hydrogens is 330 g/mol. The van der Waals surface area contributed by atoms with Crippen LogP contribution in [0.3, 0.4) is 0 Å². The Morgan fingerprint density at radius 1 is 1.17 bits per heavy atom. The van der Waals surface area contributed by atoms with E-state index in [0.717, 1.165) is 31.8 Å². The van der Waals surface area contributed by atoms with Crippen LogP contribution < -0.4 is 19.5 Å². The fraction of sp³-hybridized carbons (Fsp3) is 0.588. The summed E-state index contributed by atoms with van der Waals surface area (Å²) in [7, 11) is 4.60. The number of carbonyl (C=O) groups excluding carboxylic acids is 1. The Kier molecular flexibility index (Phi) is 7.52. The largest absolute Gasteiger partial charge is 0.493 e. The van der Waals surface area contributed by atoms with Crippen LogP contribution in [0.1, 0.15) is 23.2 Å². The summed E-state index contributed by atoms with van der Waals surface area (Å²) < 4.78 is 21.2. The van der Waals surface area contributed by atoms with Gasteiger partial charge >= 0.3 is 0 Å². The molecule has 0 radical (unpaired) electrons. The molecule has 0 atom stereocenters. The quantitative estimate of drug-likeness (QED) is 0.722. The zero-order valence-electron chi connectivity index (χ0n) is 14.4. The molecule has 0 unspecified atom stereocenters. The van der Waals surface area contributed by atoms with Crippen LogP contribution in [0.4, 0.5) is 0 Å². The zero-order valence-corrected chi connectivity index (χ0v) is 15.2. The van der Waals surface area contributed by atoms with E-state index >= 15 is 0 Å². The van der Waals surface area contributed by atoms with E-state index in [1.54, 1.807) is 12.1 Å². The first kappa shape index (κ1) is 18.7. The van der Waals surface area contributed by atoms with Gasteiger partial charge in [-0.1, -0.05) is 0 Å². The summed E-state index contributed by atoms with van der Waals surface area (Å²) in [5.41, 5.74) is 0.487. The number of carbonyl (C=O) groups is 1. The lowest BCUT2D eigenvalue weighted by Crippen LogP contribution is -2.27. The molecule has 0 aliphatic carbocycles. The van der Waals surface area contributed by atoms with Gasteiger partial charge in [0.15, 0.2) is 11.5 Å². The third-order valence-corrected chi connectivity index (χ3v) is 5.22. The van der Waals surface area contributed by atoms with E-state index in [1.165, 1.54) is 21.3 Å². The monoisotopic (exact) mass is 355 g/mol. The van der Waals surface area contributed by atoms with E-state index in [1.807, 2.05) is 11.8 Å². The average molecular weight is 355 g/mol. The van der Waals surface area contributed by atoms with Gasteiger partial charge in [-0.3, -0.25) is 4.79 Å². The van der Waals surface area contributed by atoms with Crippen molar-refractivity contribution in [1.29, 1.82) is 0 Å². The molecule has 6 nitrogen and oxygen atoms in total. The summed E-state index contributed by atoms with van der Waals surface area (Å²) in [5, 5.41) is 3.57. The maximum absolute atomic E-state index is 12.3. The van der Waals surface area contributed by atoms with Gasteiger partial charge in [-0.25, -0.2) is 0 Å². The number of methoxy groups -OCH3 is 3. The van der Waals surface area contributed by atoms with Gasteiger partial charge in [-0.2, -0.15) is 11.8 Å². The Balaban J connectivity index is 1.89. The lowest BCUT2D eigenvalue weighted by molar-refractivity contribution is 0.0954. The van der Waals surface area contributed by atoms with Crippen LogP contribution in [0.5, 0.6) is 17.2 Å². The first-order chi connectivity index (χ1) is 11.7. The Morgan fingerprint density at radius 3 is 2.33 bits per heavy atom. The Hall–Kier alpha value is -1.60. The standard InChI is InChI=1S/C17H25NO5S/c1-20-14-10-12(11-15(21-2)16(14)22-3)17(19)18-6-9-24-13-4-7-23-8-5-13/h10-11,13H,4-9H2,1-3H3,(H,18,19). The molecule has 134 valence electrons. The predicted octanol–water partition coefficient (Wildman–Crippen LogP) is 2.35. The van der Waals surface area contributed by atoms with Crippen molar-refractivity contribution in [2.24, 2.45) is 0 Å². The number of rotatable bonds is 8. The minimum absolute atomic E-state index is 0.151. The molecule has 1 aromatic rings. The molecule has 7 heteroatoms. The SMILES string of the molecule is COc1cc(C(=O)NCCSC2CCOCC2)cc(OC)c1OC. The summed E-state index contributed by atoms with van der Waals surface area (Å²) in [5.74, 6) is 2.16. The summed E-state index contributed by atoms with van der Waals surface area (Å²) in [4.78, 5) is 12.3. The first-order valence-electron chi connectivity index (χ1n) is 7.97. The molecule has 24 heavy (non-hydrogen) atoms. The van der Waals surface area contributed by atoms with Crippen molar-refractivity contribution in [3.05, 3.63) is 17.7 Å². The maximum atomic E-state index is 12.3. The summed E-state index contributed by atoms with van der Waals surface area (Å²) in [6.45, 7) is 2.31. The van der Waals surface area contributed by atoms with Crippen LogP contribution in [0, 0.1) is 0 Å². The number of nitrogens with one attached hydrogen (secondary N) is 1. The number of hydrogen-bond donors (Lipinski definition) is 1. The highest BCUT2D eigenvalue weighted by atomic mass is 32.2. The predicted molar refractivity (Wildman–Crippen MR) is 94.7 cm³/mol. The molecular formula is C17H25NO5S. The van der Waals surface area contributed by atoms with Crippen molar-refractivity contribution < 1.29 is 23.7 Å². The molecule has 1 amide bonds. The van der Waals surface area contributed by atoms with Crippen molar-refractivity contribution in [3.63, 3.8) is 0 Å². The van der Waals surface area contributed by atoms with Crippen LogP contribution >= 0.6 is 11.8 Å². The Morgan fingerprint density at radius 2 is 1.79 bits per heavy atom. The van der Waals surface area contributed by atoms with E-state index in [4.69, 9.17) is 18.9 Å². The molecule has 0 aromatic heterocycles. The van der Waals surface area contributed by atoms with Crippen LogP contribution in [-0.4, -0.2) is 58.0 Å². The van der Waals surface area contributed by atoms with E-state index < -0.39 is 0 Å². The van der Waals surface area contributed by atoms with E-state index in [2.05, 4.69) is 5.32 Å². The fourth-order valence-corrected chi connectivity index (χ4v) is 3.63. The van der Waals surface area contributed by atoms with Crippen LogP contribution in [0.15, 0.2) is 12.1 Å². The van der Waals surface area contributed by atoms with Crippen molar-refractivity contribution in [3.8, 4) is 17.2 Å². The van der Waals surface area contributed by atoms with E-state index in [9.17, 15) is 4.79 Å². The van der Waals surface area contributed by atoms with E-state index in [-0.39, 0.29) is 5.91 Å². The highest BCUT2D eigenvalue weighted by molar-refractivity contribution is 7.99. The molecule has 0 spiro atoms. The zero-order chi connectivity index (χ0) is 17.4. The normalized spacial score (nSPS) is 15.0. The second-order valence-corrected chi connectivity index (χ2v) is 6.76. The third kappa shape index (κ3) is 4.95. The molecule has 0 saturated carbocycles. The van der Waals surface area contributed by atoms with Crippen molar-refractivity contribution in [2.45, 2.75) is 18.1 Å². The van der Waals surface area contributed by atoms with Gasteiger partial charge in [0.1, 0.15) is 0 Å². The van der Waals surface area contributed by atoms with Gasteiger partial charge in [-0.15, -0.1) is 0 Å². The first-order valence-corrected chi connectivity index (χ1v) is 9.02. The molecule has 1 N–H and O–H groups in total. The molecule has 1 aliphatic rings. The third-order valence-electron chi connectivity index (χ3n) is 3.84. The lowest BCUT2D eigenvalue weighted by atomic mass is 10.1. The second-order valence-electron chi connectivity index (χ2n) is 5.35. The Labute approximate surface area is 147 Å². The van der Waals surface area contributed by atoms with E-state index in [0.29, 0.717) is 34.6 Å². The number of amides is 1. The van der Waals surface area contributed by atoms with Crippen LogP contribution in [0.2, 0.25) is 0 Å². The minimum atomic E-state index is -0.151. The number of thioether (sulfide) groups is 1. The van der Waals surface area contributed by atoms with Gasteiger partial charge in [0, 0.05) is 36.3 Å². The number of benzene rings is 1. The molecule has 0 bridgehead atoms. The molecule has 1 aromatic carbocycles. The molecule has 1 aliphatic heterocycles. The van der Waals surface area contributed by atoms with Crippen molar-refractivity contribution >= 4 is 17.7 Å². The fourth-order valence-electron chi connectivity index (χ4n) is 2.55. The van der Waals surface area contributed by atoms with Gasteiger partial charge in [0.05, 0.1) is 21.3 Å². The second kappa shape index (κ2) is 9.64. The number of ether oxygens (including phenoxy) is 4. The topological polar surface area (TPSA) is 66.0 Å². The van der Waals surface area contributed by atoms with Crippen molar-refractivity contribution in [2.75, 3.05) is 46.8 Å². The highest BCUT2D eigenvalue weighted by Gasteiger charge is 2.17. The number of hydrogen-bond acceptors (Lipinski definition) is 6.